The van der Waals surface area contributed by atoms with Crippen molar-refractivity contribution in [3.63, 3.8) is 0 Å². The van der Waals surface area contributed by atoms with Gasteiger partial charge in [0, 0.05) is 17.0 Å². The third kappa shape index (κ3) is 5.71. The van der Waals surface area contributed by atoms with Gasteiger partial charge in [0.15, 0.2) is 0 Å². The molecule has 7 nitrogen and oxygen atoms in total. The number of amides is 2. The van der Waals surface area contributed by atoms with Gasteiger partial charge in [0.25, 0.3) is 5.91 Å². The van der Waals surface area contributed by atoms with Crippen molar-refractivity contribution in [3.8, 4) is 17.0 Å². The highest BCUT2D eigenvalue weighted by molar-refractivity contribution is 6.35. The molecule has 0 saturated heterocycles. The van der Waals surface area contributed by atoms with Crippen LogP contribution in [-0.2, 0) is 4.79 Å². The molecule has 2 amide bonds. The van der Waals surface area contributed by atoms with Gasteiger partial charge < -0.3 is 4.74 Å². The average molecular weight is 451 g/mol. The van der Waals surface area contributed by atoms with E-state index < -0.39 is 5.91 Å². The second-order valence-corrected chi connectivity index (χ2v) is 7.04. The monoisotopic (exact) mass is 450 g/mol. The molecule has 0 aliphatic heterocycles. The lowest BCUT2D eigenvalue weighted by Gasteiger charge is -2.09. The zero-order valence-electron chi connectivity index (χ0n) is 15.5. The van der Waals surface area contributed by atoms with Crippen LogP contribution in [0.15, 0.2) is 48.7 Å². The molecule has 2 aromatic carbocycles. The van der Waals surface area contributed by atoms with Crippen LogP contribution < -0.4 is 15.6 Å². The summed E-state index contributed by atoms with van der Waals surface area (Å²) in [5, 5.41) is 7.43. The molecule has 0 spiro atoms. The van der Waals surface area contributed by atoms with Gasteiger partial charge in [0.2, 0.25) is 5.91 Å². The van der Waals surface area contributed by atoms with Crippen molar-refractivity contribution in [2.45, 2.75) is 12.8 Å². The van der Waals surface area contributed by atoms with Crippen LogP contribution in [0.2, 0.25) is 10.0 Å². The van der Waals surface area contributed by atoms with Gasteiger partial charge in [0.1, 0.15) is 11.6 Å². The average Bonchev–Trinajstić information content (AvgIpc) is 3.21. The molecular formula is C20H17Cl2FN4O3. The van der Waals surface area contributed by atoms with Gasteiger partial charge in [-0.2, -0.15) is 5.10 Å². The Morgan fingerprint density at radius 2 is 1.87 bits per heavy atom. The second-order valence-electron chi connectivity index (χ2n) is 6.19. The maximum Gasteiger partial charge on any atom is 0.273 e. The lowest BCUT2D eigenvalue weighted by molar-refractivity contribution is -0.122. The van der Waals surface area contributed by atoms with Crippen LogP contribution >= 0.6 is 23.2 Å². The van der Waals surface area contributed by atoms with E-state index >= 15 is 0 Å². The number of H-pyrrole nitrogens is 1. The molecule has 0 atom stereocenters. The van der Waals surface area contributed by atoms with Crippen LogP contribution in [0.4, 0.5) is 4.39 Å². The van der Waals surface area contributed by atoms with E-state index in [0.717, 1.165) is 0 Å². The third-order valence-corrected chi connectivity index (χ3v) is 4.56. The molecule has 1 heterocycles. The molecule has 0 fully saturated rings. The van der Waals surface area contributed by atoms with Crippen LogP contribution in [0, 0.1) is 5.82 Å². The number of aromatic nitrogens is 2. The highest BCUT2D eigenvalue weighted by atomic mass is 35.5. The summed E-state index contributed by atoms with van der Waals surface area (Å²) in [5.74, 6) is -0.858. The molecule has 0 aliphatic rings. The van der Waals surface area contributed by atoms with Crippen LogP contribution in [-0.4, -0.2) is 28.6 Å². The van der Waals surface area contributed by atoms with Crippen molar-refractivity contribution in [1.29, 1.82) is 0 Å². The van der Waals surface area contributed by atoms with E-state index in [4.69, 9.17) is 27.9 Å². The van der Waals surface area contributed by atoms with Crippen LogP contribution in [0.1, 0.15) is 23.2 Å². The van der Waals surface area contributed by atoms with E-state index in [0.29, 0.717) is 33.5 Å². The minimum Gasteiger partial charge on any atom is -0.492 e. The number of benzene rings is 2. The molecule has 10 heteroatoms. The largest absolute Gasteiger partial charge is 0.492 e. The molecular weight excluding hydrogens is 434 g/mol. The maximum atomic E-state index is 13.1. The molecule has 3 rings (SSSR count). The van der Waals surface area contributed by atoms with Crippen molar-refractivity contribution >= 4 is 35.0 Å². The summed E-state index contributed by atoms with van der Waals surface area (Å²) in [4.78, 5) is 24.3. The lowest BCUT2D eigenvalue weighted by Crippen LogP contribution is -2.41. The first-order valence-corrected chi connectivity index (χ1v) is 9.66. The number of nitrogens with one attached hydrogen (secondary N) is 3. The summed E-state index contributed by atoms with van der Waals surface area (Å²) in [5.41, 5.74) is 5.88. The van der Waals surface area contributed by atoms with Gasteiger partial charge in [-0.3, -0.25) is 25.5 Å². The fourth-order valence-electron chi connectivity index (χ4n) is 2.56. The topological polar surface area (TPSA) is 96.1 Å². The number of aromatic amines is 1. The van der Waals surface area contributed by atoms with Gasteiger partial charge in [0.05, 0.1) is 29.1 Å². The highest BCUT2D eigenvalue weighted by Gasteiger charge is 2.16. The van der Waals surface area contributed by atoms with Gasteiger partial charge >= 0.3 is 0 Å². The Morgan fingerprint density at radius 1 is 1.10 bits per heavy atom. The maximum absolute atomic E-state index is 13.1. The minimum absolute atomic E-state index is 0.127. The fourth-order valence-corrected chi connectivity index (χ4v) is 3.02. The normalized spacial score (nSPS) is 10.5. The SMILES string of the molecule is O=C(CCCOc1ccc(Cl)cc1Cl)NNC(=O)c1cn[nH]c1-c1ccc(F)cc1. The number of hydrogen-bond donors (Lipinski definition) is 3. The second kappa shape index (κ2) is 10.1. The van der Waals surface area contributed by atoms with Crippen molar-refractivity contribution in [2.75, 3.05) is 6.61 Å². The minimum atomic E-state index is -0.555. The van der Waals surface area contributed by atoms with E-state index in [1.807, 2.05) is 0 Å². The van der Waals surface area contributed by atoms with E-state index in [1.54, 1.807) is 18.2 Å². The first kappa shape index (κ1) is 21.6. The molecule has 3 aromatic rings. The van der Waals surface area contributed by atoms with Gasteiger partial charge in [-0.15, -0.1) is 0 Å². The van der Waals surface area contributed by atoms with Crippen molar-refractivity contribution < 1.29 is 18.7 Å². The molecule has 30 heavy (non-hydrogen) atoms. The number of halogens is 3. The summed E-state index contributed by atoms with van der Waals surface area (Å²) in [6.45, 7) is 0.263. The van der Waals surface area contributed by atoms with Crippen molar-refractivity contribution in [2.24, 2.45) is 0 Å². The third-order valence-electron chi connectivity index (χ3n) is 4.03. The van der Waals surface area contributed by atoms with E-state index in [1.165, 1.54) is 30.5 Å². The van der Waals surface area contributed by atoms with Crippen molar-refractivity contribution in [1.82, 2.24) is 21.0 Å². The Hall–Kier alpha value is -3.10. The smallest absolute Gasteiger partial charge is 0.273 e. The molecule has 0 aliphatic carbocycles. The number of ether oxygens (including phenoxy) is 1. The Balaban J connectivity index is 1.44. The number of carbonyl (C=O) groups is 2. The lowest BCUT2D eigenvalue weighted by atomic mass is 10.1. The molecule has 3 N–H and O–H groups in total. The number of hydrazine groups is 1. The van der Waals surface area contributed by atoms with Crippen molar-refractivity contribution in [3.05, 3.63) is 70.1 Å². The molecule has 0 radical (unpaired) electrons. The summed E-state index contributed by atoms with van der Waals surface area (Å²) in [6, 6.07) is 10.5. The van der Waals surface area contributed by atoms with E-state index in [2.05, 4.69) is 21.0 Å². The molecule has 0 bridgehead atoms. The van der Waals surface area contributed by atoms with E-state index in [9.17, 15) is 14.0 Å². The predicted octanol–water partition coefficient (Wildman–Crippen LogP) is 4.14. The predicted molar refractivity (Wildman–Crippen MR) is 111 cm³/mol. The summed E-state index contributed by atoms with van der Waals surface area (Å²) < 4.78 is 18.6. The van der Waals surface area contributed by atoms with E-state index in [-0.39, 0.29) is 30.3 Å². The number of carbonyl (C=O) groups excluding carboxylic acids is 2. The standard InChI is InChI=1S/C20H17Cl2FN4O3/c21-13-5-8-17(16(22)10-13)30-9-1-2-18(28)25-27-20(29)15-11-24-26-19(15)12-3-6-14(23)7-4-12/h3-8,10-11H,1-2,9H2,(H,24,26)(H,25,28)(H,27,29). The van der Waals surface area contributed by atoms with Gasteiger partial charge in [-0.05, 0) is 48.9 Å². The van der Waals surface area contributed by atoms with Crippen LogP contribution in [0.5, 0.6) is 5.75 Å². The highest BCUT2D eigenvalue weighted by Crippen LogP contribution is 2.27. The zero-order chi connectivity index (χ0) is 21.5. The Bertz CT molecular complexity index is 1040. The Kier molecular flexibility index (Phi) is 7.26. The quantitative estimate of drug-likeness (QED) is 0.372. The summed E-state index contributed by atoms with van der Waals surface area (Å²) in [7, 11) is 0. The Morgan fingerprint density at radius 3 is 2.60 bits per heavy atom. The molecule has 0 unspecified atom stereocenters. The first-order chi connectivity index (χ1) is 14.4. The van der Waals surface area contributed by atoms with Gasteiger partial charge in [-0.25, -0.2) is 4.39 Å². The van der Waals surface area contributed by atoms with Crippen LogP contribution in [0.3, 0.4) is 0 Å². The summed E-state index contributed by atoms with van der Waals surface area (Å²) in [6.07, 6.45) is 1.86. The number of nitrogens with zero attached hydrogens (tertiary/aromatic N) is 1. The molecule has 156 valence electrons. The number of rotatable bonds is 7. The Labute approximate surface area is 181 Å². The molecule has 0 saturated carbocycles. The summed E-state index contributed by atoms with van der Waals surface area (Å²) >= 11 is 11.8. The fraction of sp³-hybridized carbons (Fsp3) is 0.150. The zero-order valence-corrected chi connectivity index (χ0v) is 17.1. The molecule has 1 aromatic heterocycles. The number of hydrogen-bond acceptors (Lipinski definition) is 4. The van der Waals surface area contributed by atoms with Gasteiger partial charge in [-0.1, -0.05) is 23.2 Å². The van der Waals surface area contributed by atoms with Crippen LogP contribution in [0.25, 0.3) is 11.3 Å². The first-order valence-electron chi connectivity index (χ1n) is 8.90.